The Hall–Kier alpha value is -6.98. The Balaban J connectivity index is 1.13. The molecular formula is C69H70BN3O. The summed E-state index contributed by atoms with van der Waals surface area (Å²) in [5.74, 6) is 0. The second-order valence-electron chi connectivity index (χ2n) is 25.8. The van der Waals surface area contributed by atoms with Crippen LogP contribution in [0.1, 0.15) is 130 Å². The van der Waals surface area contributed by atoms with E-state index in [4.69, 9.17) is 4.42 Å². The summed E-state index contributed by atoms with van der Waals surface area (Å²) in [5, 5.41) is 2.26. The number of fused-ring (bicyclic) bond motifs is 10. The fourth-order valence-corrected chi connectivity index (χ4v) is 13.8. The average Bonchev–Trinajstić information content (AvgIpc) is 3.90. The molecule has 3 aliphatic heterocycles. The van der Waals surface area contributed by atoms with Gasteiger partial charge in [0.25, 0.3) is 6.71 Å². The molecule has 0 saturated heterocycles. The lowest BCUT2D eigenvalue weighted by atomic mass is 9.33. The first-order valence-corrected chi connectivity index (χ1v) is 27.3. The van der Waals surface area contributed by atoms with Crippen molar-refractivity contribution >= 4 is 90.5 Å². The van der Waals surface area contributed by atoms with Gasteiger partial charge in [0.2, 0.25) is 0 Å². The molecule has 74 heavy (non-hydrogen) atoms. The molecule has 2 atom stereocenters. The molecule has 1 aromatic heterocycles. The van der Waals surface area contributed by atoms with E-state index in [1.807, 2.05) is 0 Å². The Morgan fingerprint density at radius 3 is 1.81 bits per heavy atom. The predicted octanol–water partition coefficient (Wildman–Crippen LogP) is 17.3. The van der Waals surface area contributed by atoms with E-state index >= 15 is 0 Å². The first kappa shape index (κ1) is 46.8. The van der Waals surface area contributed by atoms with Crippen molar-refractivity contribution in [1.82, 2.24) is 0 Å². The Kier molecular flexibility index (Phi) is 10.1. The topological polar surface area (TPSA) is 22.9 Å². The van der Waals surface area contributed by atoms with Crippen LogP contribution in [0.4, 0.5) is 45.5 Å². The van der Waals surface area contributed by atoms with Crippen molar-refractivity contribution in [3.8, 4) is 11.1 Å². The lowest BCUT2D eigenvalue weighted by molar-refractivity contribution is 0.195. The smallest absolute Gasteiger partial charge is 0.252 e. The molecule has 4 aliphatic rings. The second kappa shape index (κ2) is 16.0. The summed E-state index contributed by atoms with van der Waals surface area (Å²) in [7, 11) is 0. The van der Waals surface area contributed by atoms with Gasteiger partial charge in [-0.2, -0.15) is 0 Å². The van der Waals surface area contributed by atoms with E-state index in [2.05, 4.69) is 256 Å². The van der Waals surface area contributed by atoms with Gasteiger partial charge in [-0.05, 0) is 159 Å². The maximum atomic E-state index is 6.64. The van der Waals surface area contributed by atoms with E-state index in [0.717, 1.165) is 34.0 Å². The van der Waals surface area contributed by atoms with Gasteiger partial charge in [0.05, 0.1) is 22.3 Å². The minimum Gasteiger partial charge on any atom is -0.456 e. The zero-order valence-electron chi connectivity index (χ0n) is 45.7. The Morgan fingerprint density at radius 1 is 0.486 bits per heavy atom. The number of anilines is 8. The number of aryl methyl sites for hydroxylation is 1. The third-order valence-electron chi connectivity index (χ3n) is 18.1. The molecule has 4 nitrogen and oxygen atoms in total. The third kappa shape index (κ3) is 6.80. The van der Waals surface area contributed by atoms with Gasteiger partial charge < -0.3 is 19.1 Å². The van der Waals surface area contributed by atoms with Crippen LogP contribution in [0.25, 0.3) is 33.1 Å². The van der Waals surface area contributed by atoms with E-state index in [9.17, 15) is 0 Å². The van der Waals surface area contributed by atoms with Crippen molar-refractivity contribution < 1.29 is 4.42 Å². The van der Waals surface area contributed by atoms with Gasteiger partial charge in [-0.25, -0.2) is 0 Å². The predicted molar refractivity (Wildman–Crippen MR) is 317 cm³/mol. The number of nitrogens with zero attached hydrogens (tertiary/aromatic N) is 3. The fourth-order valence-electron chi connectivity index (χ4n) is 13.8. The third-order valence-corrected chi connectivity index (χ3v) is 18.1. The molecule has 9 aromatic rings. The lowest BCUT2D eigenvalue weighted by Crippen LogP contribution is -2.61. The minimum atomic E-state index is -0.110. The van der Waals surface area contributed by atoms with Crippen molar-refractivity contribution in [2.24, 2.45) is 0 Å². The lowest BCUT2D eigenvalue weighted by Gasteiger charge is -2.51. The highest BCUT2D eigenvalue weighted by Crippen LogP contribution is 2.62. The van der Waals surface area contributed by atoms with Gasteiger partial charge in [0, 0.05) is 50.5 Å². The van der Waals surface area contributed by atoms with Crippen LogP contribution in [0.15, 0.2) is 162 Å². The highest BCUT2D eigenvalue weighted by molar-refractivity contribution is 7.00. The van der Waals surface area contributed by atoms with Gasteiger partial charge >= 0.3 is 0 Å². The molecule has 0 spiro atoms. The molecule has 4 heterocycles. The maximum absolute atomic E-state index is 6.64. The summed E-state index contributed by atoms with van der Waals surface area (Å²) in [5.41, 5.74) is 24.6. The minimum absolute atomic E-state index is 0.00237. The molecule has 0 radical (unpaired) electrons. The number of furan rings is 1. The number of hydrogen-bond donors (Lipinski definition) is 0. The van der Waals surface area contributed by atoms with Crippen LogP contribution < -0.4 is 31.1 Å². The first-order chi connectivity index (χ1) is 35.2. The monoisotopic (exact) mass is 968 g/mol. The number of benzene rings is 8. The van der Waals surface area contributed by atoms with Crippen molar-refractivity contribution in [2.75, 3.05) is 14.7 Å². The maximum Gasteiger partial charge on any atom is 0.252 e. The molecule has 1 aliphatic carbocycles. The fraction of sp³-hybridized carbons (Fsp3) is 0.304. The van der Waals surface area contributed by atoms with Gasteiger partial charge in [-0.1, -0.05) is 173 Å². The van der Waals surface area contributed by atoms with Crippen LogP contribution in [0, 0.1) is 6.92 Å². The largest absolute Gasteiger partial charge is 0.456 e. The van der Waals surface area contributed by atoms with Crippen molar-refractivity contribution in [3.05, 3.63) is 186 Å². The van der Waals surface area contributed by atoms with Crippen LogP contribution in [-0.4, -0.2) is 12.3 Å². The summed E-state index contributed by atoms with van der Waals surface area (Å²) in [6.45, 7) is 28.5. The van der Waals surface area contributed by atoms with Gasteiger partial charge in [0.15, 0.2) is 0 Å². The summed E-state index contributed by atoms with van der Waals surface area (Å²) in [6, 6.07) is 60.9. The molecule has 0 amide bonds. The average molecular weight is 968 g/mol. The van der Waals surface area contributed by atoms with Crippen LogP contribution in [0.3, 0.4) is 0 Å². The van der Waals surface area contributed by atoms with Crippen molar-refractivity contribution in [2.45, 2.75) is 136 Å². The number of rotatable bonds is 4. The Bertz CT molecular complexity index is 3770. The molecular weight excluding hydrogens is 898 g/mol. The Morgan fingerprint density at radius 2 is 1.09 bits per heavy atom. The first-order valence-electron chi connectivity index (χ1n) is 27.3. The molecule has 370 valence electrons. The summed E-state index contributed by atoms with van der Waals surface area (Å²) < 4.78 is 6.64. The quantitative estimate of drug-likeness (QED) is 0.164. The van der Waals surface area contributed by atoms with Gasteiger partial charge in [0.1, 0.15) is 11.2 Å². The molecule has 13 rings (SSSR count). The van der Waals surface area contributed by atoms with E-state index in [1.54, 1.807) is 0 Å². The summed E-state index contributed by atoms with van der Waals surface area (Å²) in [4.78, 5) is 8.03. The number of hydrogen-bond acceptors (Lipinski definition) is 4. The van der Waals surface area contributed by atoms with Crippen LogP contribution in [0.5, 0.6) is 0 Å². The Labute approximate surface area is 440 Å². The van der Waals surface area contributed by atoms with E-state index in [0.29, 0.717) is 0 Å². The zero-order chi connectivity index (χ0) is 51.4. The van der Waals surface area contributed by atoms with Crippen molar-refractivity contribution in [1.29, 1.82) is 0 Å². The zero-order valence-corrected chi connectivity index (χ0v) is 45.7. The molecule has 8 aromatic carbocycles. The van der Waals surface area contributed by atoms with Gasteiger partial charge in [-0.15, -0.1) is 0 Å². The van der Waals surface area contributed by atoms with E-state index in [-0.39, 0.29) is 33.9 Å². The molecule has 0 bridgehead atoms. The summed E-state index contributed by atoms with van der Waals surface area (Å²) >= 11 is 0. The molecule has 1 fully saturated rings. The standard InChI is InChI=1S/C69H70BN3O/c1-43-37-59-64-60(38-43)72(57-24-20-26-62-63(57)49-23-16-17-25-61(49)74-62)56-34-29-47(67(8,9)10)41-53(56)70(64)52-31-30-48(73-55-33-28-46(66(5,6)7)40-51(55)68(11)35-18-19-36-69(68,73)12)42-58(52)71(59)54-32-27-45(65(2,3)4)39-50(54)44-21-14-13-15-22-44/h13-17,20-34,37-42H,18-19,35-36H2,1-12H3. The second-order valence-corrected chi connectivity index (χ2v) is 25.8. The van der Waals surface area contributed by atoms with Gasteiger partial charge in [-0.3, -0.25) is 0 Å². The van der Waals surface area contributed by atoms with E-state index in [1.165, 1.54) is 114 Å². The van der Waals surface area contributed by atoms with Crippen molar-refractivity contribution in [3.63, 3.8) is 0 Å². The molecule has 0 N–H and O–H groups in total. The molecule has 5 heteroatoms. The molecule has 1 saturated carbocycles. The van der Waals surface area contributed by atoms with E-state index < -0.39 is 0 Å². The SMILES string of the molecule is Cc1cc2c3c(c1)N(c1cccc4oc5ccccc5c14)c1ccc(C(C)(C)C)cc1B3c1ccc(N3c4ccc(C(C)(C)C)cc4C4(C)CCCCC34C)cc1N2c1ccc(C(C)(C)C)cc1-c1ccccc1. The highest BCUT2D eigenvalue weighted by Gasteiger charge is 2.58. The summed E-state index contributed by atoms with van der Waals surface area (Å²) in [6.07, 6.45) is 4.80. The highest BCUT2D eigenvalue weighted by atomic mass is 16.3. The number of para-hydroxylation sites is 1. The van der Waals surface area contributed by atoms with Crippen LogP contribution in [0.2, 0.25) is 0 Å². The van der Waals surface area contributed by atoms with Crippen LogP contribution in [-0.2, 0) is 21.7 Å². The normalized spacial score (nSPS) is 19.1. The molecule has 2 unspecified atom stereocenters. The van der Waals surface area contributed by atoms with Crippen LogP contribution >= 0.6 is 0 Å².